The maximum Gasteiger partial charge on any atom is 0.265 e. The molecule has 4 heteroatoms. The Labute approximate surface area is 148 Å². The number of nitriles is 1. The molecular formula is C21H22N2O2. The molecule has 4 nitrogen and oxygen atoms in total. The predicted octanol–water partition coefficient (Wildman–Crippen LogP) is 4.30. The Kier molecular flexibility index (Phi) is 5.69. The molecular weight excluding hydrogens is 312 g/mol. The smallest absolute Gasteiger partial charge is 0.265 e. The molecule has 0 atom stereocenters. The van der Waals surface area contributed by atoms with E-state index < -0.39 is 0 Å². The van der Waals surface area contributed by atoms with Gasteiger partial charge in [-0.1, -0.05) is 43.5 Å². The van der Waals surface area contributed by atoms with Crippen molar-refractivity contribution in [2.75, 3.05) is 11.5 Å². The van der Waals surface area contributed by atoms with E-state index in [0.717, 1.165) is 31.4 Å². The van der Waals surface area contributed by atoms with Gasteiger partial charge in [-0.05, 0) is 43.2 Å². The third kappa shape index (κ3) is 4.39. The summed E-state index contributed by atoms with van der Waals surface area (Å²) >= 11 is 0. The van der Waals surface area contributed by atoms with Crippen LogP contribution in [0.2, 0.25) is 0 Å². The Balaban J connectivity index is 1.73. The number of ether oxygens (including phenoxy) is 1. The van der Waals surface area contributed by atoms with Crippen molar-refractivity contribution in [3.05, 3.63) is 60.2 Å². The van der Waals surface area contributed by atoms with Crippen LogP contribution in [0.5, 0.6) is 5.75 Å². The molecule has 128 valence electrons. The first kappa shape index (κ1) is 17.0. The molecule has 2 aromatic rings. The second-order valence-corrected chi connectivity index (χ2v) is 6.32. The molecule has 2 aromatic carbocycles. The van der Waals surface area contributed by atoms with E-state index in [9.17, 15) is 4.79 Å². The van der Waals surface area contributed by atoms with Crippen LogP contribution < -0.4 is 9.64 Å². The van der Waals surface area contributed by atoms with Crippen LogP contribution in [-0.2, 0) is 4.79 Å². The van der Waals surface area contributed by atoms with E-state index in [-0.39, 0.29) is 18.6 Å². The zero-order valence-corrected chi connectivity index (χ0v) is 14.2. The van der Waals surface area contributed by atoms with E-state index in [4.69, 9.17) is 10.00 Å². The molecule has 0 heterocycles. The van der Waals surface area contributed by atoms with Gasteiger partial charge in [-0.15, -0.1) is 0 Å². The monoisotopic (exact) mass is 334 g/mol. The van der Waals surface area contributed by atoms with Gasteiger partial charge in [-0.2, -0.15) is 5.26 Å². The first-order valence-electron chi connectivity index (χ1n) is 8.78. The topological polar surface area (TPSA) is 53.3 Å². The van der Waals surface area contributed by atoms with Gasteiger partial charge < -0.3 is 9.64 Å². The first-order valence-corrected chi connectivity index (χ1v) is 8.78. The summed E-state index contributed by atoms with van der Waals surface area (Å²) in [4.78, 5) is 14.8. The first-order chi connectivity index (χ1) is 12.3. The summed E-state index contributed by atoms with van der Waals surface area (Å²) in [5.74, 6) is 0.504. The molecule has 0 radical (unpaired) electrons. The lowest BCUT2D eigenvalue weighted by Crippen LogP contribution is -2.44. The van der Waals surface area contributed by atoms with Crippen molar-refractivity contribution in [2.45, 2.75) is 38.1 Å². The number of rotatable bonds is 5. The summed E-state index contributed by atoms with van der Waals surface area (Å²) in [6.45, 7) is -0.0275. The van der Waals surface area contributed by atoms with Crippen molar-refractivity contribution < 1.29 is 9.53 Å². The molecule has 25 heavy (non-hydrogen) atoms. The highest BCUT2D eigenvalue weighted by molar-refractivity contribution is 5.95. The molecule has 0 unspecified atom stereocenters. The van der Waals surface area contributed by atoms with E-state index in [1.165, 1.54) is 6.42 Å². The Morgan fingerprint density at radius 1 is 1.08 bits per heavy atom. The van der Waals surface area contributed by atoms with E-state index in [0.29, 0.717) is 11.3 Å². The Bertz CT molecular complexity index is 746. The van der Waals surface area contributed by atoms with Gasteiger partial charge in [0.05, 0.1) is 11.6 Å². The van der Waals surface area contributed by atoms with Gasteiger partial charge in [-0.25, -0.2) is 0 Å². The lowest BCUT2D eigenvalue weighted by molar-refractivity contribution is -0.121. The third-order valence-corrected chi connectivity index (χ3v) is 4.57. The van der Waals surface area contributed by atoms with Gasteiger partial charge in [-0.3, -0.25) is 4.79 Å². The molecule has 3 rings (SSSR count). The predicted molar refractivity (Wildman–Crippen MR) is 97.5 cm³/mol. The highest BCUT2D eigenvalue weighted by Crippen LogP contribution is 2.27. The molecule has 0 bridgehead atoms. The van der Waals surface area contributed by atoms with Gasteiger partial charge in [0.1, 0.15) is 5.75 Å². The molecule has 0 spiro atoms. The van der Waals surface area contributed by atoms with E-state index >= 15 is 0 Å². The van der Waals surface area contributed by atoms with Crippen LogP contribution in [-0.4, -0.2) is 18.6 Å². The lowest BCUT2D eigenvalue weighted by atomic mass is 9.93. The van der Waals surface area contributed by atoms with E-state index in [1.807, 2.05) is 35.2 Å². The summed E-state index contributed by atoms with van der Waals surface area (Å²) in [6, 6.07) is 19.0. The Morgan fingerprint density at radius 2 is 1.84 bits per heavy atom. The fraction of sp³-hybridized carbons (Fsp3) is 0.333. The fourth-order valence-corrected chi connectivity index (χ4v) is 3.36. The standard InChI is InChI=1S/C21H22N2O2/c22-15-17-8-7-13-20(14-17)25-16-21(24)23(18-9-3-1-4-10-18)19-11-5-2-6-12-19/h1,3-4,7-10,13-14,19H,2,5-6,11-12,16H2. The minimum absolute atomic E-state index is 0.0275. The maximum atomic E-state index is 12.9. The molecule has 1 aliphatic carbocycles. The summed E-state index contributed by atoms with van der Waals surface area (Å²) in [5, 5.41) is 8.97. The zero-order chi connectivity index (χ0) is 17.5. The van der Waals surface area contributed by atoms with Crippen LogP contribution in [0.1, 0.15) is 37.7 Å². The SMILES string of the molecule is N#Cc1cccc(OCC(=O)N(c2ccccc2)C2CCCCC2)c1. The van der Waals surface area contributed by atoms with Crippen LogP contribution in [0.4, 0.5) is 5.69 Å². The minimum Gasteiger partial charge on any atom is -0.484 e. The van der Waals surface area contributed by atoms with Gasteiger partial charge in [0.25, 0.3) is 5.91 Å². The third-order valence-electron chi connectivity index (χ3n) is 4.57. The van der Waals surface area contributed by atoms with Crippen molar-refractivity contribution in [3.63, 3.8) is 0 Å². The zero-order valence-electron chi connectivity index (χ0n) is 14.2. The molecule has 1 amide bonds. The van der Waals surface area contributed by atoms with Crippen LogP contribution in [0.25, 0.3) is 0 Å². The van der Waals surface area contributed by atoms with Crippen LogP contribution in [0, 0.1) is 11.3 Å². The summed E-state index contributed by atoms with van der Waals surface area (Å²) in [5.41, 5.74) is 1.45. The molecule has 0 aromatic heterocycles. The van der Waals surface area contributed by atoms with E-state index in [2.05, 4.69) is 6.07 Å². The molecule has 1 saturated carbocycles. The number of nitrogens with zero attached hydrogens (tertiary/aromatic N) is 2. The molecule has 1 aliphatic rings. The molecule has 1 fully saturated rings. The minimum atomic E-state index is -0.0412. The van der Waals surface area contributed by atoms with Gasteiger partial charge in [0, 0.05) is 11.7 Å². The van der Waals surface area contributed by atoms with E-state index in [1.54, 1.807) is 24.3 Å². The highest BCUT2D eigenvalue weighted by Gasteiger charge is 2.27. The molecule has 0 aliphatic heterocycles. The van der Waals surface area contributed by atoms with Crippen molar-refractivity contribution in [1.82, 2.24) is 0 Å². The largest absolute Gasteiger partial charge is 0.484 e. The van der Waals surface area contributed by atoms with Gasteiger partial charge >= 0.3 is 0 Å². The number of hydrogen-bond acceptors (Lipinski definition) is 3. The van der Waals surface area contributed by atoms with Crippen LogP contribution in [0.3, 0.4) is 0 Å². The molecule has 0 N–H and O–H groups in total. The number of benzene rings is 2. The molecule has 0 saturated heterocycles. The van der Waals surface area contributed by atoms with Crippen LogP contribution in [0.15, 0.2) is 54.6 Å². The number of hydrogen-bond donors (Lipinski definition) is 0. The lowest BCUT2D eigenvalue weighted by Gasteiger charge is -2.34. The van der Waals surface area contributed by atoms with Crippen molar-refractivity contribution >= 4 is 11.6 Å². The Morgan fingerprint density at radius 3 is 2.56 bits per heavy atom. The summed E-state index contributed by atoms with van der Waals surface area (Å²) in [6.07, 6.45) is 5.62. The quantitative estimate of drug-likeness (QED) is 0.819. The van der Waals surface area contributed by atoms with Crippen LogP contribution >= 0.6 is 0 Å². The van der Waals surface area contributed by atoms with Crippen molar-refractivity contribution in [3.8, 4) is 11.8 Å². The summed E-state index contributed by atoms with van der Waals surface area (Å²) < 4.78 is 5.66. The number of para-hydroxylation sites is 1. The number of carbonyl (C=O) groups excluding carboxylic acids is 1. The fourth-order valence-electron chi connectivity index (χ4n) is 3.36. The number of carbonyl (C=O) groups is 1. The average Bonchev–Trinajstić information content (AvgIpc) is 2.68. The number of amides is 1. The Hall–Kier alpha value is -2.80. The van der Waals surface area contributed by atoms with Gasteiger partial charge in [0.15, 0.2) is 6.61 Å². The second kappa shape index (κ2) is 8.34. The van der Waals surface area contributed by atoms with Crippen molar-refractivity contribution in [2.24, 2.45) is 0 Å². The second-order valence-electron chi connectivity index (χ2n) is 6.32. The maximum absolute atomic E-state index is 12.9. The van der Waals surface area contributed by atoms with Crippen molar-refractivity contribution in [1.29, 1.82) is 5.26 Å². The number of anilines is 1. The highest BCUT2D eigenvalue weighted by atomic mass is 16.5. The van der Waals surface area contributed by atoms with Gasteiger partial charge in [0.2, 0.25) is 0 Å². The normalized spacial score (nSPS) is 14.5. The average molecular weight is 334 g/mol. The summed E-state index contributed by atoms with van der Waals surface area (Å²) in [7, 11) is 0.